The molecule has 0 bridgehead atoms. The van der Waals surface area contributed by atoms with E-state index < -0.39 is 0 Å². The molecule has 128 valence electrons. The normalized spacial score (nSPS) is 10.3. The minimum Gasteiger partial charge on any atom is -0.497 e. The van der Waals surface area contributed by atoms with Gasteiger partial charge in [0, 0.05) is 25.6 Å². The monoisotopic (exact) mass is 328 g/mol. The molecule has 0 saturated heterocycles. The smallest absolute Gasteiger partial charge is 0.225 e. The number of carbonyl (C=O) groups is 1. The molecule has 24 heavy (non-hydrogen) atoms. The van der Waals surface area contributed by atoms with E-state index in [0.717, 1.165) is 6.54 Å². The van der Waals surface area contributed by atoms with E-state index in [4.69, 9.17) is 9.47 Å². The van der Waals surface area contributed by atoms with Crippen molar-refractivity contribution in [2.24, 2.45) is 0 Å². The lowest BCUT2D eigenvalue weighted by atomic mass is 10.1. The van der Waals surface area contributed by atoms with E-state index in [0.29, 0.717) is 30.2 Å². The summed E-state index contributed by atoms with van der Waals surface area (Å²) in [6, 6.07) is 13.6. The van der Waals surface area contributed by atoms with Crippen molar-refractivity contribution in [2.75, 3.05) is 26.1 Å². The highest BCUT2D eigenvalue weighted by atomic mass is 16.5. The summed E-state index contributed by atoms with van der Waals surface area (Å²) in [6.07, 6.45) is 0.390. The first-order valence-electron chi connectivity index (χ1n) is 7.90. The molecule has 0 saturated carbocycles. The minimum atomic E-state index is -0.0600. The molecule has 0 unspecified atom stereocenters. The Kier molecular flexibility index (Phi) is 6.63. The first-order valence-corrected chi connectivity index (χ1v) is 7.90. The molecule has 0 radical (unpaired) electrons. The van der Waals surface area contributed by atoms with Crippen LogP contribution in [0.15, 0.2) is 42.5 Å². The van der Waals surface area contributed by atoms with Crippen molar-refractivity contribution >= 4 is 11.6 Å². The standard InChI is InChI=1S/C19H24N2O3/c1-14-5-4-6-15(11-14)13-20-10-9-19(22)21-17-8-7-16(23-2)12-18(17)24-3/h4-8,11-12,20H,9-10,13H2,1-3H3,(H,21,22). The van der Waals surface area contributed by atoms with E-state index in [1.54, 1.807) is 32.4 Å². The molecule has 5 heteroatoms. The van der Waals surface area contributed by atoms with Crippen LogP contribution >= 0.6 is 0 Å². The molecule has 0 aromatic heterocycles. The second-order valence-corrected chi connectivity index (χ2v) is 5.53. The maximum Gasteiger partial charge on any atom is 0.225 e. The molecule has 0 fully saturated rings. The zero-order valence-corrected chi connectivity index (χ0v) is 14.4. The quantitative estimate of drug-likeness (QED) is 0.731. The molecule has 2 rings (SSSR count). The summed E-state index contributed by atoms with van der Waals surface area (Å²) in [5.41, 5.74) is 3.09. The summed E-state index contributed by atoms with van der Waals surface area (Å²) in [5, 5.41) is 6.14. The first-order chi connectivity index (χ1) is 11.6. The van der Waals surface area contributed by atoms with Gasteiger partial charge in [0.1, 0.15) is 11.5 Å². The molecule has 0 aliphatic carbocycles. The highest BCUT2D eigenvalue weighted by Crippen LogP contribution is 2.28. The van der Waals surface area contributed by atoms with Crippen LogP contribution in [0.5, 0.6) is 11.5 Å². The van der Waals surface area contributed by atoms with Crippen molar-refractivity contribution in [2.45, 2.75) is 19.9 Å². The third-order valence-corrected chi connectivity index (χ3v) is 3.62. The van der Waals surface area contributed by atoms with Gasteiger partial charge in [-0.2, -0.15) is 0 Å². The van der Waals surface area contributed by atoms with Crippen molar-refractivity contribution in [1.82, 2.24) is 5.32 Å². The Morgan fingerprint density at radius 1 is 1.08 bits per heavy atom. The third kappa shape index (κ3) is 5.28. The first kappa shape index (κ1) is 17.8. The molecule has 0 heterocycles. The number of amides is 1. The average molecular weight is 328 g/mol. The maximum absolute atomic E-state index is 12.1. The molecule has 0 atom stereocenters. The number of methoxy groups -OCH3 is 2. The number of hydrogen-bond acceptors (Lipinski definition) is 4. The highest BCUT2D eigenvalue weighted by molar-refractivity contribution is 5.92. The van der Waals surface area contributed by atoms with Gasteiger partial charge in [-0.1, -0.05) is 29.8 Å². The fourth-order valence-corrected chi connectivity index (χ4v) is 2.37. The van der Waals surface area contributed by atoms with Crippen LogP contribution in [0.25, 0.3) is 0 Å². The number of anilines is 1. The van der Waals surface area contributed by atoms with Crippen molar-refractivity contribution < 1.29 is 14.3 Å². The zero-order valence-electron chi connectivity index (χ0n) is 14.4. The van der Waals surface area contributed by atoms with Gasteiger partial charge in [0.2, 0.25) is 5.91 Å². The van der Waals surface area contributed by atoms with E-state index in [1.165, 1.54) is 11.1 Å². The summed E-state index contributed by atoms with van der Waals surface area (Å²) in [6.45, 7) is 3.43. The molecule has 0 spiro atoms. The zero-order chi connectivity index (χ0) is 17.4. The van der Waals surface area contributed by atoms with Crippen molar-refractivity contribution in [1.29, 1.82) is 0 Å². The SMILES string of the molecule is COc1ccc(NC(=O)CCNCc2cccc(C)c2)c(OC)c1. The molecule has 1 amide bonds. The van der Waals surface area contributed by atoms with E-state index in [9.17, 15) is 4.79 Å². The highest BCUT2D eigenvalue weighted by Gasteiger charge is 2.08. The number of benzene rings is 2. The lowest BCUT2D eigenvalue weighted by molar-refractivity contribution is -0.116. The van der Waals surface area contributed by atoms with Crippen LogP contribution in [-0.4, -0.2) is 26.7 Å². The Morgan fingerprint density at radius 2 is 1.92 bits per heavy atom. The van der Waals surface area contributed by atoms with Gasteiger partial charge in [-0.25, -0.2) is 0 Å². The maximum atomic E-state index is 12.1. The average Bonchev–Trinajstić information content (AvgIpc) is 2.59. The Morgan fingerprint density at radius 3 is 2.62 bits per heavy atom. The van der Waals surface area contributed by atoms with Gasteiger partial charge in [0.15, 0.2) is 0 Å². The van der Waals surface area contributed by atoms with Crippen LogP contribution in [0.2, 0.25) is 0 Å². The number of carbonyl (C=O) groups excluding carboxylic acids is 1. The molecule has 2 N–H and O–H groups in total. The van der Waals surface area contributed by atoms with E-state index in [-0.39, 0.29) is 5.91 Å². The van der Waals surface area contributed by atoms with Gasteiger partial charge in [0.05, 0.1) is 19.9 Å². The van der Waals surface area contributed by atoms with Crippen LogP contribution in [-0.2, 0) is 11.3 Å². The topological polar surface area (TPSA) is 59.6 Å². The van der Waals surface area contributed by atoms with Crippen LogP contribution in [0.3, 0.4) is 0 Å². The third-order valence-electron chi connectivity index (χ3n) is 3.62. The van der Waals surface area contributed by atoms with Crippen molar-refractivity contribution in [3.05, 3.63) is 53.6 Å². The van der Waals surface area contributed by atoms with Gasteiger partial charge in [0.25, 0.3) is 0 Å². The predicted octanol–water partition coefficient (Wildman–Crippen LogP) is 3.13. The lowest BCUT2D eigenvalue weighted by Gasteiger charge is -2.12. The van der Waals surface area contributed by atoms with Crippen LogP contribution in [0.1, 0.15) is 17.5 Å². The van der Waals surface area contributed by atoms with Crippen molar-refractivity contribution in [3.8, 4) is 11.5 Å². The van der Waals surface area contributed by atoms with Crippen LogP contribution in [0.4, 0.5) is 5.69 Å². The van der Waals surface area contributed by atoms with Crippen LogP contribution < -0.4 is 20.1 Å². The molecule has 2 aromatic rings. The molecular weight excluding hydrogens is 304 g/mol. The largest absolute Gasteiger partial charge is 0.497 e. The van der Waals surface area contributed by atoms with Crippen LogP contribution in [0, 0.1) is 6.92 Å². The molecule has 0 aliphatic rings. The van der Waals surface area contributed by atoms with Gasteiger partial charge in [-0.3, -0.25) is 4.79 Å². The molecule has 2 aromatic carbocycles. The van der Waals surface area contributed by atoms with E-state index in [1.807, 2.05) is 6.07 Å². The second kappa shape index (κ2) is 8.93. The van der Waals surface area contributed by atoms with Gasteiger partial charge in [-0.15, -0.1) is 0 Å². The van der Waals surface area contributed by atoms with E-state index in [2.05, 4.69) is 35.8 Å². The number of nitrogens with one attached hydrogen (secondary N) is 2. The summed E-state index contributed by atoms with van der Waals surface area (Å²) in [5.74, 6) is 1.20. The molecular formula is C19H24N2O3. The second-order valence-electron chi connectivity index (χ2n) is 5.53. The molecule has 5 nitrogen and oxygen atoms in total. The summed E-state index contributed by atoms with van der Waals surface area (Å²) in [4.78, 5) is 12.1. The number of hydrogen-bond donors (Lipinski definition) is 2. The lowest BCUT2D eigenvalue weighted by Crippen LogP contribution is -2.21. The van der Waals surface area contributed by atoms with E-state index >= 15 is 0 Å². The fraction of sp³-hybridized carbons (Fsp3) is 0.316. The summed E-state index contributed by atoms with van der Waals surface area (Å²) in [7, 11) is 3.15. The van der Waals surface area contributed by atoms with Gasteiger partial charge in [-0.05, 0) is 24.6 Å². The Balaban J connectivity index is 1.79. The number of ether oxygens (including phenoxy) is 2. The predicted molar refractivity (Wildman–Crippen MR) is 95.7 cm³/mol. The number of rotatable bonds is 8. The fourth-order valence-electron chi connectivity index (χ4n) is 2.37. The van der Waals surface area contributed by atoms with Gasteiger partial charge < -0.3 is 20.1 Å². The molecule has 0 aliphatic heterocycles. The summed E-state index contributed by atoms with van der Waals surface area (Å²) >= 11 is 0. The minimum absolute atomic E-state index is 0.0600. The van der Waals surface area contributed by atoms with Crippen molar-refractivity contribution in [3.63, 3.8) is 0 Å². The summed E-state index contributed by atoms with van der Waals surface area (Å²) < 4.78 is 10.4. The number of aryl methyl sites for hydroxylation is 1. The Bertz CT molecular complexity index is 686. The van der Waals surface area contributed by atoms with Gasteiger partial charge >= 0.3 is 0 Å². The Labute approximate surface area is 143 Å². The Hall–Kier alpha value is -2.53.